The number of rotatable bonds is 5. The highest BCUT2D eigenvalue weighted by Crippen LogP contribution is 2.42. The van der Waals surface area contributed by atoms with Crippen LogP contribution in [0.4, 0.5) is 0 Å². The molecule has 1 atom stereocenters. The summed E-state index contributed by atoms with van der Waals surface area (Å²) in [5.74, 6) is 2.18. The standard InChI is InChI=1S/C25H21NO4/c1-28-22-8-3-2-5-20(22)18-6-4-7-21-19(18)13-14-23(21)29-17-11-9-16(10-12-17)24-15-25(27)26-30-24/h2-12,15,23H,13-14H2,1H3,(H,26,27). The molecule has 1 aromatic heterocycles. The molecule has 5 rings (SSSR count). The Balaban J connectivity index is 1.41. The zero-order chi connectivity index (χ0) is 20.5. The highest BCUT2D eigenvalue weighted by molar-refractivity contribution is 5.75. The quantitative estimate of drug-likeness (QED) is 0.490. The number of methoxy groups -OCH3 is 1. The van der Waals surface area contributed by atoms with Gasteiger partial charge in [0.15, 0.2) is 5.76 Å². The lowest BCUT2D eigenvalue weighted by atomic mass is 9.96. The molecule has 0 saturated carbocycles. The van der Waals surface area contributed by atoms with Gasteiger partial charge >= 0.3 is 0 Å². The van der Waals surface area contributed by atoms with E-state index < -0.39 is 0 Å². The van der Waals surface area contributed by atoms with E-state index in [9.17, 15) is 4.79 Å². The lowest BCUT2D eigenvalue weighted by Gasteiger charge is -2.16. The molecule has 150 valence electrons. The molecule has 0 spiro atoms. The van der Waals surface area contributed by atoms with E-state index in [4.69, 9.17) is 14.0 Å². The van der Waals surface area contributed by atoms with Crippen LogP contribution < -0.4 is 15.0 Å². The molecule has 30 heavy (non-hydrogen) atoms. The van der Waals surface area contributed by atoms with Crippen LogP contribution in [0, 0.1) is 0 Å². The summed E-state index contributed by atoms with van der Waals surface area (Å²) >= 11 is 0. The van der Waals surface area contributed by atoms with Gasteiger partial charge < -0.3 is 14.0 Å². The normalized spacial score (nSPS) is 15.0. The molecule has 1 N–H and O–H groups in total. The molecule has 0 bridgehead atoms. The maximum atomic E-state index is 11.3. The fourth-order valence-electron chi connectivity index (χ4n) is 4.15. The van der Waals surface area contributed by atoms with Crippen LogP contribution >= 0.6 is 0 Å². The van der Waals surface area contributed by atoms with Crippen LogP contribution in [0.5, 0.6) is 11.5 Å². The first-order valence-electron chi connectivity index (χ1n) is 9.94. The first-order valence-corrected chi connectivity index (χ1v) is 9.94. The van der Waals surface area contributed by atoms with Gasteiger partial charge in [-0.25, -0.2) is 0 Å². The summed E-state index contributed by atoms with van der Waals surface area (Å²) in [4.78, 5) is 11.3. The van der Waals surface area contributed by atoms with Crippen molar-refractivity contribution in [2.45, 2.75) is 18.9 Å². The van der Waals surface area contributed by atoms with Crippen molar-refractivity contribution in [2.24, 2.45) is 0 Å². The van der Waals surface area contributed by atoms with Gasteiger partial charge in [0.1, 0.15) is 17.6 Å². The van der Waals surface area contributed by atoms with E-state index in [1.165, 1.54) is 22.8 Å². The number of para-hydroxylation sites is 1. The van der Waals surface area contributed by atoms with Gasteiger partial charge in [-0.2, -0.15) is 5.16 Å². The van der Waals surface area contributed by atoms with E-state index in [0.717, 1.165) is 35.5 Å². The SMILES string of the molecule is COc1ccccc1-c1cccc2c1CCC2Oc1ccc(-c2cc(=O)[nH]o2)cc1. The maximum Gasteiger partial charge on any atom is 0.280 e. The fourth-order valence-corrected chi connectivity index (χ4v) is 4.15. The lowest BCUT2D eigenvalue weighted by molar-refractivity contribution is 0.207. The molecule has 0 aliphatic heterocycles. The van der Waals surface area contributed by atoms with Crippen LogP contribution in [-0.4, -0.2) is 12.3 Å². The molecule has 1 aliphatic rings. The van der Waals surface area contributed by atoms with E-state index in [0.29, 0.717) is 5.76 Å². The van der Waals surface area contributed by atoms with Crippen LogP contribution in [0.3, 0.4) is 0 Å². The number of benzene rings is 3. The Kier molecular flexibility index (Phi) is 4.64. The minimum atomic E-state index is -0.251. The number of ether oxygens (including phenoxy) is 2. The molecule has 1 unspecified atom stereocenters. The van der Waals surface area contributed by atoms with Crippen molar-refractivity contribution >= 4 is 0 Å². The van der Waals surface area contributed by atoms with Crippen molar-refractivity contribution in [1.29, 1.82) is 0 Å². The molecular weight excluding hydrogens is 378 g/mol. The Labute approximate surface area is 173 Å². The highest BCUT2D eigenvalue weighted by atomic mass is 16.5. The topological polar surface area (TPSA) is 64.5 Å². The van der Waals surface area contributed by atoms with Crippen molar-refractivity contribution in [3.8, 4) is 33.9 Å². The highest BCUT2D eigenvalue weighted by Gasteiger charge is 2.27. The Morgan fingerprint density at radius 1 is 0.967 bits per heavy atom. The van der Waals surface area contributed by atoms with Crippen molar-refractivity contribution in [3.05, 3.63) is 94.3 Å². The van der Waals surface area contributed by atoms with Gasteiger partial charge in [-0.05, 0) is 59.9 Å². The molecule has 1 heterocycles. The van der Waals surface area contributed by atoms with Crippen molar-refractivity contribution in [3.63, 3.8) is 0 Å². The second-order valence-corrected chi connectivity index (χ2v) is 7.32. The molecule has 1 aliphatic carbocycles. The van der Waals surface area contributed by atoms with Crippen molar-refractivity contribution in [2.75, 3.05) is 7.11 Å². The third-order valence-corrected chi connectivity index (χ3v) is 5.55. The minimum absolute atomic E-state index is 0.00528. The first-order chi connectivity index (χ1) is 14.7. The number of hydrogen-bond acceptors (Lipinski definition) is 4. The maximum absolute atomic E-state index is 11.3. The average Bonchev–Trinajstić information content (AvgIpc) is 3.40. The lowest BCUT2D eigenvalue weighted by Crippen LogP contribution is -2.03. The number of nitrogens with one attached hydrogen (secondary N) is 1. The second kappa shape index (κ2) is 7.59. The van der Waals surface area contributed by atoms with E-state index in [-0.39, 0.29) is 11.7 Å². The summed E-state index contributed by atoms with van der Waals surface area (Å²) in [7, 11) is 1.70. The molecule has 0 fully saturated rings. The molecule has 5 nitrogen and oxygen atoms in total. The molecule has 0 saturated heterocycles. The van der Waals surface area contributed by atoms with Gasteiger partial charge in [0, 0.05) is 11.1 Å². The number of fused-ring (bicyclic) bond motifs is 1. The predicted octanol–water partition coefficient (Wildman–Crippen LogP) is 5.38. The van der Waals surface area contributed by atoms with Gasteiger partial charge in [0.25, 0.3) is 5.56 Å². The Morgan fingerprint density at radius 3 is 2.53 bits per heavy atom. The van der Waals surface area contributed by atoms with Crippen LogP contribution in [-0.2, 0) is 6.42 Å². The van der Waals surface area contributed by atoms with E-state index in [2.05, 4.69) is 29.4 Å². The van der Waals surface area contributed by atoms with Gasteiger partial charge in [0.2, 0.25) is 0 Å². The molecule has 5 heteroatoms. The molecule has 0 amide bonds. The van der Waals surface area contributed by atoms with Crippen LogP contribution in [0.25, 0.3) is 22.5 Å². The van der Waals surface area contributed by atoms with Crippen LogP contribution in [0.15, 0.2) is 82.1 Å². The second-order valence-electron chi connectivity index (χ2n) is 7.32. The van der Waals surface area contributed by atoms with Gasteiger partial charge in [-0.15, -0.1) is 0 Å². The van der Waals surface area contributed by atoms with Crippen molar-refractivity contribution in [1.82, 2.24) is 5.16 Å². The number of hydrogen-bond donors (Lipinski definition) is 1. The number of H-pyrrole nitrogens is 1. The third-order valence-electron chi connectivity index (χ3n) is 5.55. The zero-order valence-electron chi connectivity index (χ0n) is 16.6. The third kappa shape index (κ3) is 3.28. The Bertz CT molecular complexity index is 1240. The van der Waals surface area contributed by atoms with Crippen molar-refractivity contribution < 1.29 is 14.0 Å². The Hall–Kier alpha value is -3.73. The van der Waals surface area contributed by atoms with E-state index >= 15 is 0 Å². The summed E-state index contributed by atoms with van der Waals surface area (Å²) in [6.07, 6.45) is 1.89. The average molecular weight is 399 g/mol. The monoisotopic (exact) mass is 399 g/mol. The summed E-state index contributed by atoms with van der Waals surface area (Å²) in [6, 6.07) is 23.5. The summed E-state index contributed by atoms with van der Waals surface area (Å²) < 4.78 is 17.0. The van der Waals surface area contributed by atoms with Gasteiger partial charge in [0.05, 0.1) is 13.2 Å². The smallest absolute Gasteiger partial charge is 0.280 e. The molecule has 3 aromatic carbocycles. The fraction of sp³-hybridized carbons (Fsp3) is 0.160. The van der Waals surface area contributed by atoms with E-state index in [1.807, 2.05) is 42.5 Å². The Morgan fingerprint density at radius 2 is 1.77 bits per heavy atom. The molecule has 0 radical (unpaired) electrons. The predicted molar refractivity (Wildman–Crippen MR) is 115 cm³/mol. The van der Waals surface area contributed by atoms with Crippen LogP contribution in [0.2, 0.25) is 0 Å². The molecular formula is C25H21NO4. The van der Waals surface area contributed by atoms with Crippen LogP contribution in [0.1, 0.15) is 23.7 Å². The zero-order valence-corrected chi connectivity index (χ0v) is 16.6. The first kappa shape index (κ1) is 18.3. The van der Waals surface area contributed by atoms with Gasteiger partial charge in [-0.3, -0.25) is 4.79 Å². The van der Waals surface area contributed by atoms with E-state index in [1.54, 1.807) is 7.11 Å². The molecule has 4 aromatic rings. The van der Waals surface area contributed by atoms with Gasteiger partial charge in [-0.1, -0.05) is 36.4 Å². The summed E-state index contributed by atoms with van der Waals surface area (Å²) in [5, 5.41) is 2.31. The number of aromatic nitrogens is 1. The number of aromatic amines is 1. The summed E-state index contributed by atoms with van der Waals surface area (Å²) in [5.41, 5.74) is 5.42. The minimum Gasteiger partial charge on any atom is -0.496 e. The summed E-state index contributed by atoms with van der Waals surface area (Å²) in [6.45, 7) is 0. The largest absolute Gasteiger partial charge is 0.496 e.